The summed E-state index contributed by atoms with van der Waals surface area (Å²) in [5.74, 6) is 0.840. The molecule has 1 saturated carbocycles. The van der Waals surface area contributed by atoms with Crippen LogP contribution >= 0.6 is 0 Å². The van der Waals surface area contributed by atoms with Gasteiger partial charge in [-0.1, -0.05) is 30.7 Å². The molecule has 0 N–H and O–H groups in total. The minimum absolute atomic E-state index is 0.840. The van der Waals surface area contributed by atoms with Gasteiger partial charge < -0.3 is 0 Å². The topological polar surface area (TPSA) is 12.4 Å². The number of hydrogen-bond acceptors (Lipinski definition) is 1. The monoisotopic (exact) mass is 173 g/mol. The summed E-state index contributed by atoms with van der Waals surface area (Å²) in [6.07, 6.45) is 6.05. The van der Waals surface area contributed by atoms with Gasteiger partial charge in [-0.25, -0.2) is 0 Å². The third kappa shape index (κ3) is 1.80. The van der Waals surface area contributed by atoms with E-state index in [9.17, 15) is 0 Å². The Morgan fingerprint density at radius 3 is 2.38 bits per heavy atom. The van der Waals surface area contributed by atoms with Crippen LogP contribution < -0.4 is 0 Å². The highest BCUT2D eigenvalue weighted by atomic mass is 14.6. The predicted octanol–water partition coefficient (Wildman–Crippen LogP) is 3.00. The van der Waals surface area contributed by atoms with Crippen molar-refractivity contribution >= 4 is 6.21 Å². The van der Waals surface area contributed by atoms with Crippen LogP contribution in [-0.4, -0.2) is 13.3 Å². The number of rotatable bonds is 2. The van der Waals surface area contributed by atoms with Crippen LogP contribution in [0.25, 0.3) is 0 Å². The van der Waals surface area contributed by atoms with E-state index in [1.54, 1.807) is 7.05 Å². The molecule has 1 aliphatic rings. The lowest BCUT2D eigenvalue weighted by molar-refractivity contribution is 0.420. The summed E-state index contributed by atoms with van der Waals surface area (Å²) in [5, 5.41) is 0. The second-order valence-electron chi connectivity index (χ2n) is 3.68. The molecule has 0 bridgehead atoms. The molecule has 0 heterocycles. The predicted molar refractivity (Wildman–Crippen MR) is 56.6 cm³/mol. The highest BCUT2D eigenvalue weighted by molar-refractivity contribution is 5.79. The maximum Gasteiger partial charge on any atom is 0.0281 e. The van der Waals surface area contributed by atoms with Gasteiger partial charge in [0, 0.05) is 13.3 Å². The standard InChI is InChI=1S/C12H15N/c1-13-9-10-5-7-12(8-6-10)11-3-2-4-11/h5-9,11H,2-4H2,1H3. The highest BCUT2D eigenvalue weighted by Gasteiger charge is 2.18. The minimum Gasteiger partial charge on any atom is -0.296 e. The van der Waals surface area contributed by atoms with Gasteiger partial charge in [-0.15, -0.1) is 0 Å². The van der Waals surface area contributed by atoms with E-state index in [0.29, 0.717) is 0 Å². The van der Waals surface area contributed by atoms with Crippen LogP contribution in [0.15, 0.2) is 29.3 Å². The molecule has 1 heteroatoms. The molecule has 1 aromatic carbocycles. The molecule has 1 nitrogen and oxygen atoms in total. The first-order chi connectivity index (χ1) is 6.40. The maximum atomic E-state index is 3.99. The van der Waals surface area contributed by atoms with E-state index in [1.807, 2.05) is 6.21 Å². The number of benzene rings is 1. The number of nitrogens with zero attached hydrogens (tertiary/aromatic N) is 1. The van der Waals surface area contributed by atoms with Crippen LogP contribution in [0.3, 0.4) is 0 Å². The normalized spacial score (nSPS) is 17.6. The Morgan fingerprint density at radius 1 is 1.23 bits per heavy atom. The van der Waals surface area contributed by atoms with Crippen molar-refractivity contribution in [3.63, 3.8) is 0 Å². The fraction of sp³-hybridized carbons (Fsp3) is 0.417. The zero-order valence-electron chi connectivity index (χ0n) is 8.03. The molecule has 1 fully saturated rings. The molecular weight excluding hydrogens is 158 g/mol. The summed E-state index contributed by atoms with van der Waals surface area (Å²) in [4.78, 5) is 3.99. The van der Waals surface area contributed by atoms with Gasteiger partial charge in [0.1, 0.15) is 0 Å². The molecule has 68 valence electrons. The smallest absolute Gasteiger partial charge is 0.0281 e. The third-order valence-corrected chi connectivity index (χ3v) is 2.79. The SMILES string of the molecule is CN=Cc1ccc(C2CCC2)cc1. The molecule has 0 radical (unpaired) electrons. The number of hydrogen-bond donors (Lipinski definition) is 0. The fourth-order valence-electron chi connectivity index (χ4n) is 1.74. The van der Waals surface area contributed by atoms with Crippen LogP contribution in [0.2, 0.25) is 0 Å². The zero-order valence-corrected chi connectivity index (χ0v) is 8.03. The molecule has 0 atom stereocenters. The molecule has 0 saturated heterocycles. The largest absolute Gasteiger partial charge is 0.296 e. The molecule has 2 rings (SSSR count). The second kappa shape index (κ2) is 3.73. The summed E-state index contributed by atoms with van der Waals surface area (Å²) in [5.41, 5.74) is 2.70. The molecule has 0 spiro atoms. The summed E-state index contributed by atoms with van der Waals surface area (Å²) in [7, 11) is 1.81. The van der Waals surface area contributed by atoms with Crippen molar-refractivity contribution in [2.24, 2.45) is 4.99 Å². The molecule has 0 unspecified atom stereocenters. The van der Waals surface area contributed by atoms with Crippen molar-refractivity contribution in [2.45, 2.75) is 25.2 Å². The lowest BCUT2D eigenvalue weighted by Crippen LogP contribution is -2.08. The molecule has 0 aromatic heterocycles. The highest BCUT2D eigenvalue weighted by Crippen LogP contribution is 2.36. The van der Waals surface area contributed by atoms with Gasteiger partial charge in [-0.05, 0) is 29.9 Å². The molecule has 13 heavy (non-hydrogen) atoms. The van der Waals surface area contributed by atoms with Crippen molar-refractivity contribution in [3.05, 3.63) is 35.4 Å². The van der Waals surface area contributed by atoms with E-state index in [0.717, 1.165) is 5.92 Å². The Balaban J connectivity index is 2.13. The van der Waals surface area contributed by atoms with Gasteiger partial charge in [0.25, 0.3) is 0 Å². The van der Waals surface area contributed by atoms with E-state index >= 15 is 0 Å². The Kier molecular flexibility index (Phi) is 2.44. The van der Waals surface area contributed by atoms with E-state index in [1.165, 1.54) is 30.4 Å². The van der Waals surface area contributed by atoms with Gasteiger partial charge in [-0.3, -0.25) is 4.99 Å². The summed E-state index contributed by atoms with van der Waals surface area (Å²) >= 11 is 0. The Bertz CT molecular complexity index is 293. The third-order valence-electron chi connectivity index (χ3n) is 2.79. The van der Waals surface area contributed by atoms with Gasteiger partial charge in [0.2, 0.25) is 0 Å². The van der Waals surface area contributed by atoms with Crippen molar-refractivity contribution in [2.75, 3.05) is 7.05 Å². The molecular formula is C12H15N. The quantitative estimate of drug-likeness (QED) is 0.610. The molecule has 1 aliphatic carbocycles. The average molecular weight is 173 g/mol. The lowest BCUT2D eigenvalue weighted by atomic mass is 9.80. The van der Waals surface area contributed by atoms with Gasteiger partial charge in [0.05, 0.1) is 0 Å². The van der Waals surface area contributed by atoms with Gasteiger partial charge in [-0.2, -0.15) is 0 Å². The fourth-order valence-corrected chi connectivity index (χ4v) is 1.74. The summed E-state index contributed by atoms with van der Waals surface area (Å²) in [6, 6.07) is 8.78. The van der Waals surface area contributed by atoms with Crippen LogP contribution in [0, 0.1) is 0 Å². The summed E-state index contributed by atoms with van der Waals surface area (Å²) < 4.78 is 0. The van der Waals surface area contributed by atoms with E-state index in [4.69, 9.17) is 0 Å². The molecule has 1 aromatic rings. The first-order valence-electron chi connectivity index (χ1n) is 4.92. The van der Waals surface area contributed by atoms with Crippen LogP contribution in [0.4, 0.5) is 0 Å². The second-order valence-corrected chi connectivity index (χ2v) is 3.68. The van der Waals surface area contributed by atoms with Crippen molar-refractivity contribution in [1.82, 2.24) is 0 Å². The van der Waals surface area contributed by atoms with E-state index in [2.05, 4.69) is 29.3 Å². The average Bonchev–Trinajstić information content (AvgIpc) is 2.06. The van der Waals surface area contributed by atoms with Gasteiger partial charge in [0.15, 0.2) is 0 Å². The first-order valence-corrected chi connectivity index (χ1v) is 4.92. The Morgan fingerprint density at radius 2 is 1.92 bits per heavy atom. The lowest BCUT2D eigenvalue weighted by Gasteiger charge is -2.25. The first kappa shape index (κ1) is 8.49. The van der Waals surface area contributed by atoms with Gasteiger partial charge >= 0.3 is 0 Å². The van der Waals surface area contributed by atoms with Crippen LogP contribution in [0.5, 0.6) is 0 Å². The minimum atomic E-state index is 0.840. The van der Waals surface area contributed by atoms with Crippen molar-refractivity contribution in [1.29, 1.82) is 0 Å². The maximum absolute atomic E-state index is 3.99. The Labute approximate surface area is 79.5 Å². The molecule has 0 aliphatic heterocycles. The van der Waals surface area contributed by atoms with E-state index in [-0.39, 0.29) is 0 Å². The molecule has 0 amide bonds. The van der Waals surface area contributed by atoms with Crippen molar-refractivity contribution in [3.8, 4) is 0 Å². The Hall–Kier alpha value is -1.11. The van der Waals surface area contributed by atoms with Crippen LogP contribution in [-0.2, 0) is 0 Å². The summed E-state index contributed by atoms with van der Waals surface area (Å²) in [6.45, 7) is 0. The van der Waals surface area contributed by atoms with Crippen LogP contribution in [0.1, 0.15) is 36.3 Å². The zero-order chi connectivity index (χ0) is 9.10. The van der Waals surface area contributed by atoms with Crippen molar-refractivity contribution < 1.29 is 0 Å². The van der Waals surface area contributed by atoms with E-state index < -0.39 is 0 Å². The number of aliphatic imine (C=N–C) groups is 1.